The Kier molecular flexibility index (Phi) is 3.87. The van der Waals surface area contributed by atoms with Crippen molar-refractivity contribution in [2.75, 3.05) is 0 Å². The number of imidazole rings is 1. The number of carbonyl (C=O) groups is 1. The molecule has 0 aliphatic rings. The lowest BCUT2D eigenvalue weighted by Gasteiger charge is -2.11. The number of hydrogen-bond acceptors (Lipinski definition) is 3. The van der Waals surface area contributed by atoms with Crippen LogP contribution >= 0.6 is 0 Å². The molecule has 0 fully saturated rings. The van der Waals surface area contributed by atoms with Gasteiger partial charge in [0.25, 0.3) is 0 Å². The molecule has 0 saturated carbocycles. The molecule has 0 spiro atoms. The Hall–Kier alpha value is -2.70. The van der Waals surface area contributed by atoms with Crippen LogP contribution < -0.4 is 0 Å². The molecule has 124 valence electrons. The van der Waals surface area contributed by atoms with Crippen LogP contribution in [0.25, 0.3) is 16.9 Å². The minimum absolute atomic E-state index is 0.116. The molecule has 2 aromatic heterocycles. The Labute approximate surface area is 135 Å². The van der Waals surface area contributed by atoms with Crippen LogP contribution in [-0.2, 0) is 6.18 Å². The van der Waals surface area contributed by atoms with Gasteiger partial charge in [-0.25, -0.2) is 9.50 Å². The van der Waals surface area contributed by atoms with Gasteiger partial charge >= 0.3 is 6.18 Å². The number of hydrogen-bond donors (Lipinski definition) is 0. The van der Waals surface area contributed by atoms with Crippen molar-refractivity contribution < 1.29 is 18.0 Å². The number of alkyl halides is 3. The molecule has 0 saturated heterocycles. The summed E-state index contributed by atoms with van der Waals surface area (Å²) >= 11 is 0. The van der Waals surface area contributed by atoms with Gasteiger partial charge in [-0.15, -0.1) is 0 Å². The van der Waals surface area contributed by atoms with E-state index >= 15 is 0 Å². The van der Waals surface area contributed by atoms with E-state index in [1.165, 1.54) is 22.8 Å². The second-order valence-corrected chi connectivity index (χ2v) is 5.77. The molecular weight excluding hydrogens is 319 g/mol. The molecule has 0 aliphatic heterocycles. The summed E-state index contributed by atoms with van der Waals surface area (Å²) in [7, 11) is 0. The van der Waals surface area contributed by atoms with Gasteiger partial charge in [0.05, 0.1) is 17.5 Å². The molecule has 7 heteroatoms. The Morgan fingerprint density at radius 1 is 1.17 bits per heavy atom. The monoisotopic (exact) mass is 333 g/mol. The maximum absolute atomic E-state index is 12.7. The highest BCUT2D eigenvalue weighted by atomic mass is 19.4. The molecular formula is C17H14F3N3O. The molecule has 24 heavy (non-hydrogen) atoms. The van der Waals surface area contributed by atoms with Crippen molar-refractivity contribution in [3.05, 3.63) is 53.3 Å². The van der Waals surface area contributed by atoms with Crippen LogP contribution in [0.4, 0.5) is 13.2 Å². The van der Waals surface area contributed by atoms with E-state index in [9.17, 15) is 18.0 Å². The molecule has 0 unspecified atom stereocenters. The number of fused-ring (bicyclic) bond motifs is 1. The topological polar surface area (TPSA) is 47.3 Å². The van der Waals surface area contributed by atoms with Crippen molar-refractivity contribution in [1.29, 1.82) is 0 Å². The molecule has 0 radical (unpaired) electrons. The molecule has 0 atom stereocenters. The normalized spacial score (nSPS) is 12.1. The maximum Gasteiger partial charge on any atom is 0.416 e. The largest absolute Gasteiger partial charge is 0.416 e. The predicted molar refractivity (Wildman–Crippen MR) is 82.9 cm³/mol. The zero-order valence-electron chi connectivity index (χ0n) is 13.0. The molecule has 0 bridgehead atoms. The lowest BCUT2D eigenvalue weighted by molar-refractivity contribution is -0.137. The van der Waals surface area contributed by atoms with Crippen LogP contribution in [0.5, 0.6) is 0 Å². The standard InChI is InChI=1S/C17H14F3N3O/c1-10(2)14-7-15(22-23-8-13(9-24)21-16(14)23)11-3-5-12(6-4-11)17(18,19)20/h3-10H,1-2H3. The maximum atomic E-state index is 12.7. The first-order chi connectivity index (χ1) is 11.3. The number of aromatic nitrogens is 3. The van der Waals surface area contributed by atoms with E-state index in [0.29, 0.717) is 23.2 Å². The van der Waals surface area contributed by atoms with E-state index in [4.69, 9.17) is 0 Å². The summed E-state index contributed by atoms with van der Waals surface area (Å²) in [6, 6.07) is 6.63. The SMILES string of the molecule is CC(C)c1cc(-c2ccc(C(F)(F)F)cc2)nn2cc(C=O)nc12. The molecule has 3 rings (SSSR count). The Morgan fingerprint density at radius 3 is 2.38 bits per heavy atom. The van der Waals surface area contributed by atoms with Crippen molar-refractivity contribution in [2.24, 2.45) is 0 Å². The first-order valence-electron chi connectivity index (χ1n) is 7.32. The van der Waals surface area contributed by atoms with Gasteiger partial charge in [-0.1, -0.05) is 26.0 Å². The molecule has 1 aromatic carbocycles. The van der Waals surface area contributed by atoms with Gasteiger partial charge in [-0.05, 0) is 24.1 Å². The first-order valence-corrected chi connectivity index (χ1v) is 7.32. The zero-order chi connectivity index (χ0) is 17.5. The average molecular weight is 333 g/mol. The summed E-state index contributed by atoms with van der Waals surface area (Å²) in [6.45, 7) is 3.95. The van der Waals surface area contributed by atoms with Crippen molar-refractivity contribution in [3.63, 3.8) is 0 Å². The fourth-order valence-corrected chi connectivity index (χ4v) is 2.47. The van der Waals surface area contributed by atoms with Gasteiger partial charge in [0.2, 0.25) is 0 Å². The minimum atomic E-state index is -4.37. The third-order valence-corrected chi connectivity index (χ3v) is 3.72. The van der Waals surface area contributed by atoms with Crippen molar-refractivity contribution >= 4 is 11.9 Å². The lowest BCUT2D eigenvalue weighted by atomic mass is 10.0. The van der Waals surface area contributed by atoms with Crippen LogP contribution in [0.3, 0.4) is 0 Å². The average Bonchev–Trinajstić information content (AvgIpc) is 2.96. The second kappa shape index (κ2) is 5.74. The van der Waals surface area contributed by atoms with E-state index in [1.54, 1.807) is 6.07 Å². The van der Waals surface area contributed by atoms with E-state index in [2.05, 4.69) is 10.1 Å². The Morgan fingerprint density at radius 2 is 1.83 bits per heavy atom. The Balaban J connectivity index is 2.14. The molecule has 0 N–H and O–H groups in total. The van der Waals surface area contributed by atoms with Gasteiger partial charge in [-0.2, -0.15) is 18.3 Å². The summed E-state index contributed by atoms with van der Waals surface area (Å²) in [5, 5.41) is 4.36. The molecule has 4 nitrogen and oxygen atoms in total. The van der Waals surface area contributed by atoms with Gasteiger partial charge in [0.15, 0.2) is 11.9 Å². The van der Waals surface area contributed by atoms with E-state index in [-0.39, 0.29) is 11.6 Å². The molecule has 2 heterocycles. The summed E-state index contributed by atoms with van der Waals surface area (Å²) in [5.41, 5.74) is 2.08. The number of carbonyl (C=O) groups excluding carboxylic acids is 1. The fourth-order valence-electron chi connectivity index (χ4n) is 2.47. The summed E-state index contributed by atoms with van der Waals surface area (Å²) < 4.78 is 39.5. The summed E-state index contributed by atoms with van der Waals surface area (Å²) in [4.78, 5) is 15.2. The van der Waals surface area contributed by atoms with Crippen LogP contribution in [0.1, 0.15) is 41.4 Å². The number of benzene rings is 1. The van der Waals surface area contributed by atoms with Crippen LogP contribution in [0, 0.1) is 0 Å². The number of halogens is 3. The molecule has 0 amide bonds. The summed E-state index contributed by atoms with van der Waals surface area (Å²) in [5.74, 6) is 0.116. The van der Waals surface area contributed by atoms with E-state index in [1.807, 2.05) is 13.8 Å². The van der Waals surface area contributed by atoms with E-state index < -0.39 is 11.7 Å². The Bertz CT molecular complexity index is 896. The summed E-state index contributed by atoms with van der Waals surface area (Å²) in [6.07, 6.45) is -2.24. The number of rotatable bonds is 3. The van der Waals surface area contributed by atoms with Crippen LogP contribution in [0.15, 0.2) is 36.5 Å². The van der Waals surface area contributed by atoms with Crippen molar-refractivity contribution in [2.45, 2.75) is 25.9 Å². The van der Waals surface area contributed by atoms with Crippen LogP contribution in [-0.4, -0.2) is 20.9 Å². The van der Waals surface area contributed by atoms with Gasteiger partial charge < -0.3 is 0 Å². The lowest BCUT2D eigenvalue weighted by Crippen LogP contribution is -2.04. The highest BCUT2D eigenvalue weighted by molar-refractivity contribution is 5.74. The third kappa shape index (κ3) is 2.89. The van der Waals surface area contributed by atoms with Gasteiger partial charge in [-0.3, -0.25) is 4.79 Å². The zero-order valence-corrected chi connectivity index (χ0v) is 13.0. The minimum Gasteiger partial charge on any atom is -0.296 e. The fraction of sp³-hybridized carbons (Fsp3) is 0.235. The van der Waals surface area contributed by atoms with Crippen molar-refractivity contribution in [1.82, 2.24) is 14.6 Å². The predicted octanol–water partition coefficient (Wildman–Crippen LogP) is 4.35. The third-order valence-electron chi connectivity index (χ3n) is 3.72. The smallest absolute Gasteiger partial charge is 0.296 e. The van der Waals surface area contributed by atoms with Crippen molar-refractivity contribution in [3.8, 4) is 11.3 Å². The molecule has 3 aromatic rings. The number of aldehydes is 1. The first kappa shape index (κ1) is 16.2. The second-order valence-electron chi connectivity index (χ2n) is 5.77. The quantitative estimate of drug-likeness (QED) is 0.670. The highest BCUT2D eigenvalue weighted by Gasteiger charge is 2.30. The van der Waals surface area contributed by atoms with Gasteiger partial charge in [0, 0.05) is 11.1 Å². The number of nitrogens with zero attached hydrogens (tertiary/aromatic N) is 3. The molecule has 0 aliphatic carbocycles. The van der Waals surface area contributed by atoms with E-state index in [0.717, 1.165) is 17.7 Å². The van der Waals surface area contributed by atoms with Gasteiger partial charge in [0.1, 0.15) is 5.69 Å². The highest BCUT2D eigenvalue weighted by Crippen LogP contribution is 2.31. The van der Waals surface area contributed by atoms with Crippen LogP contribution in [0.2, 0.25) is 0 Å².